The van der Waals surface area contributed by atoms with Crippen molar-refractivity contribution in [2.75, 3.05) is 6.54 Å². The fourth-order valence-electron chi connectivity index (χ4n) is 3.60. The molecule has 2 nitrogen and oxygen atoms in total. The summed E-state index contributed by atoms with van der Waals surface area (Å²) in [4.78, 5) is 2.55. The van der Waals surface area contributed by atoms with Crippen molar-refractivity contribution in [3.05, 3.63) is 35.6 Å². The predicted molar refractivity (Wildman–Crippen MR) is 86.7 cm³/mol. The Labute approximate surface area is 128 Å². The maximum atomic E-state index is 13.7. The number of benzene rings is 1. The van der Waals surface area contributed by atoms with Gasteiger partial charge in [0.15, 0.2) is 0 Å². The van der Waals surface area contributed by atoms with Crippen molar-refractivity contribution in [1.82, 2.24) is 4.90 Å². The van der Waals surface area contributed by atoms with Crippen LogP contribution < -0.4 is 5.73 Å². The third kappa shape index (κ3) is 4.04. The lowest BCUT2D eigenvalue weighted by molar-refractivity contribution is 0.111. The van der Waals surface area contributed by atoms with Gasteiger partial charge in [0.05, 0.1) is 6.04 Å². The first-order valence-electron chi connectivity index (χ1n) is 8.44. The first-order chi connectivity index (χ1) is 10.2. The average Bonchev–Trinajstić information content (AvgIpc) is 2.73. The van der Waals surface area contributed by atoms with Crippen molar-refractivity contribution in [3.8, 4) is 0 Å². The lowest BCUT2D eigenvalue weighted by Gasteiger charge is -2.40. The highest BCUT2D eigenvalue weighted by molar-refractivity contribution is 5.22. The molecule has 118 valence electrons. The van der Waals surface area contributed by atoms with E-state index in [0.717, 1.165) is 24.9 Å². The Morgan fingerprint density at radius 3 is 2.76 bits per heavy atom. The molecule has 1 aliphatic heterocycles. The smallest absolute Gasteiger partial charge is 0.123 e. The Morgan fingerprint density at radius 2 is 2.10 bits per heavy atom. The summed E-state index contributed by atoms with van der Waals surface area (Å²) in [5, 5.41) is 0. The molecule has 1 aromatic rings. The molecule has 2 rings (SSSR count). The summed E-state index contributed by atoms with van der Waals surface area (Å²) in [6, 6.07) is 7.76. The molecule has 3 unspecified atom stereocenters. The van der Waals surface area contributed by atoms with E-state index in [9.17, 15) is 4.39 Å². The molecule has 21 heavy (non-hydrogen) atoms. The van der Waals surface area contributed by atoms with Crippen molar-refractivity contribution in [1.29, 1.82) is 0 Å². The normalized spacial score (nSPS) is 23.5. The van der Waals surface area contributed by atoms with E-state index in [1.165, 1.54) is 31.7 Å². The molecule has 1 aliphatic rings. The summed E-state index contributed by atoms with van der Waals surface area (Å²) >= 11 is 0. The number of rotatable bonds is 5. The van der Waals surface area contributed by atoms with Crippen LogP contribution in [-0.4, -0.2) is 23.5 Å². The van der Waals surface area contributed by atoms with Gasteiger partial charge in [-0.1, -0.05) is 38.8 Å². The Hall–Kier alpha value is -0.930. The minimum atomic E-state index is -0.163. The fraction of sp³-hybridized carbons (Fsp3) is 0.667. The summed E-state index contributed by atoms with van der Waals surface area (Å²) in [6.45, 7) is 5.45. The minimum absolute atomic E-state index is 0.0546. The molecule has 3 atom stereocenters. The molecule has 0 aromatic heterocycles. The van der Waals surface area contributed by atoms with Crippen LogP contribution >= 0.6 is 0 Å². The van der Waals surface area contributed by atoms with Gasteiger partial charge in [0.25, 0.3) is 0 Å². The molecule has 3 heteroatoms. The number of halogens is 1. The molecule has 0 spiro atoms. The van der Waals surface area contributed by atoms with Gasteiger partial charge in [0.1, 0.15) is 5.82 Å². The van der Waals surface area contributed by atoms with Crippen molar-refractivity contribution in [2.45, 2.75) is 70.5 Å². The van der Waals surface area contributed by atoms with Gasteiger partial charge < -0.3 is 5.73 Å². The molecule has 0 bridgehead atoms. The van der Waals surface area contributed by atoms with Gasteiger partial charge in [0, 0.05) is 12.1 Å². The van der Waals surface area contributed by atoms with Crippen LogP contribution in [0, 0.1) is 5.82 Å². The second kappa shape index (κ2) is 7.90. The number of nitrogens with two attached hydrogens (primary N) is 1. The third-order valence-corrected chi connectivity index (χ3v) is 4.82. The topological polar surface area (TPSA) is 29.3 Å². The minimum Gasteiger partial charge on any atom is -0.326 e. The zero-order chi connectivity index (χ0) is 15.2. The van der Waals surface area contributed by atoms with Crippen LogP contribution in [0.25, 0.3) is 0 Å². The molecule has 1 aromatic carbocycles. The maximum Gasteiger partial charge on any atom is 0.123 e. The van der Waals surface area contributed by atoms with Gasteiger partial charge in [-0.15, -0.1) is 0 Å². The Balaban J connectivity index is 2.33. The number of hydrogen-bond donors (Lipinski definition) is 1. The molecular formula is C18H29FN2. The van der Waals surface area contributed by atoms with Crippen LogP contribution in [0.3, 0.4) is 0 Å². The van der Waals surface area contributed by atoms with Gasteiger partial charge in [-0.05, 0) is 49.9 Å². The van der Waals surface area contributed by atoms with Gasteiger partial charge >= 0.3 is 0 Å². The lowest BCUT2D eigenvalue weighted by Crippen LogP contribution is -2.45. The monoisotopic (exact) mass is 292 g/mol. The van der Waals surface area contributed by atoms with E-state index in [0.29, 0.717) is 6.04 Å². The number of nitrogens with zero attached hydrogens (tertiary/aromatic N) is 1. The van der Waals surface area contributed by atoms with Gasteiger partial charge in [-0.2, -0.15) is 0 Å². The van der Waals surface area contributed by atoms with Crippen LogP contribution in [0.5, 0.6) is 0 Å². The van der Waals surface area contributed by atoms with Crippen LogP contribution in [0.2, 0.25) is 0 Å². The molecular weight excluding hydrogens is 263 g/mol. The Morgan fingerprint density at radius 1 is 1.29 bits per heavy atom. The van der Waals surface area contributed by atoms with Crippen LogP contribution in [0.1, 0.15) is 64.0 Å². The highest BCUT2D eigenvalue weighted by Gasteiger charge is 2.31. The molecule has 1 saturated heterocycles. The van der Waals surface area contributed by atoms with E-state index in [1.54, 1.807) is 12.1 Å². The Kier molecular flexibility index (Phi) is 6.19. The largest absolute Gasteiger partial charge is 0.326 e. The molecule has 0 amide bonds. The molecule has 0 radical (unpaired) electrons. The Bertz CT molecular complexity index is 435. The average molecular weight is 292 g/mol. The SMILES string of the molecule is CCC(N)C(c1cccc(F)c1)N1CCCCCC1CC. The third-order valence-electron chi connectivity index (χ3n) is 4.82. The van der Waals surface area contributed by atoms with E-state index in [-0.39, 0.29) is 17.9 Å². The second-order valence-electron chi connectivity index (χ2n) is 6.22. The zero-order valence-corrected chi connectivity index (χ0v) is 13.4. The van der Waals surface area contributed by atoms with Crippen molar-refractivity contribution in [2.24, 2.45) is 5.73 Å². The predicted octanol–water partition coefficient (Wildman–Crippen LogP) is 4.26. The molecule has 0 aliphatic carbocycles. The standard InChI is InChI=1S/C18H29FN2/c1-3-16-11-6-5-7-12-21(16)18(17(20)4-2)14-9-8-10-15(19)13-14/h8-10,13,16-18H,3-7,11-12,20H2,1-2H3. The van der Waals surface area contributed by atoms with Crippen molar-refractivity contribution in [3.63, 3.8) is 0 Å². The van der Waals surface area contributed by atoms with E-state index in [4.69, 9.17) is 5.73 Å². The van der Waals surface area contributed by atoms with Crippen molar-refractivity contribution >= 4 is 0 Å². The molecule has 0 saturated carbocycles. The van der Waals surface area contributed by atoms with Crippen LogP contribution in [0.15, 0.2) is 24.3 Å². The van der Waals surface area contributed by atoms with Gasteiger partial charge in [-0.25, -0.2) is 4.39 Å². The molecule has 2 N–H and O–H groups in total. The van der Waals surface area contributed by atoms with Crippen LogP contribution in [0.4, 0.5) is 4.39 Å². The summed E-state index contributed by atoms with van der Waals surface area (Å²) in [5.41, 5.74) is 7.47. The zero-order valence-electron chi connectivity index (χ0n) is 13.4. The fourth-order valence-corrected chi connectivity index (χ4v) is 3.60. The second-order valence-corrected chi connectivity index (χ2v) is 6.22. The highest BCUT2D eigenvalue weighted by Crippen LogP contribution is 2.32. The molecule has 1 heterocycles. The quantitative estimate of drug-likeness (QED) is 0.878. The lowest BCUT2D eigenvalue weighted by atomic mass is 9.93. The molecule has 1 fully saturated rings. The first kappa shape index (κ1) is 16.4. The van der Waals surface area contributed by atoms with E-state index < -0.39 is 0 Å². The summed E-state index contributed by atoms with van der Waals surface area (Å²) in [6.07, 6.45) is 7.10. The van der Waals surface area contributed by atoms with Gasteiger partial charge in [0.2, 0.25) is 0 Å². The van der Waals surface area contributed by atoms with E-state index in [2.05, 4.69) is 18.7 Å². The van der Waals surface area contributed by atoms with Crippen molar-refractivity contribution < 1.29 is 4.39 Å². The highest BCUT2D eigenvalue weighted by atomic mass is 19.1. The number of hydrogen-bond acceptors (Lipinski definition) is 2. The summed E-state index contributed by atoms with van der Waals surface area (Å²) in [7, 11) is 0. The first-order valence-corrected chi connectivity index (χ1v) is 8.44. The summed E-state index contributed by atoms with van der Waals surface area (Å²) in [5.74, 6) is -0.163. The number of likely N-dealkylation sites (tertiary alicyclic amines) is 1. The van der Waals surface area contributed by atoms with Crippen LogP contribution in [-0.2, 0) is 0 Å². The maximum absolute atomic E-state index is 13.7. The summed E-state index contributed by atoms with van der Waals surface area (Å²) < 4.78 is 13.7. The van der Waals surface area contributed by atoms with Gasteiger partial charge in [-0.3, -0.25) is 4.90 Å². The van der Waals surface area contributed by atoms with E-state index in [1.807, 2.05) is 6.07 Å². The van der Waals surface area contributed by atoms with E-state index >= 15 is 0 Å².